The fraction of sp³-hybridized carbons (Fsp3) is 0.0156. The normalized spacial score (nSPS) is 13.0. The Labute approximate surface area is 396 Å². The summed E-state index contributed by atoms with van der Waals surface area (Å²) < 4.78 is 12.8. The van der Waals surface area contributed by atoms with E-state index in [0.29, 0.717) is 17.5 Å². The molecule has 0 unspecified atom stereocenters. The summed E-state index contributed by atoms with van der Waals surface area (Å²) in [6.07, 6.45) is 0. The topological polar surface area (TPSA) is 65.0 Å². The molecule has 10 aromatic carbocycles. The summed E-state index contributed by atoms with van der Waals surface area (Å²) in [7, 11) is 0. The number of nitrogens with zero attached hydrogens (tertiary/aromatic N) is 3. The summed E-state index contributed by atoms with van der Waals surface area (Å²) in [6, 6.07) is 79.9. The van der Waals surface area contributed by atoms with Gasteiger partial charge in [-0.1, -0.05) is 182 Å². The van der Waals surface area contributed by atoms with Gasteiger partial charge in [-0.25, -0.2) is 15.0 Å². The van der Waals surface area contributed by atoms with E-state index in [-0.39, 0.29) is 0 Å². The van der Waals surface area contributed by atoms with Crippen LogP contribution in [0.1, 0.15) is 22.3 Å². The average molecular weight is 880 g/mol. The van der Waals surface area contributed by atoms with Gasteiger partial charge in [0.05, 0.1) is 5.41 Å². The predicted octanol–water partition coefficient (Wildman–Crippen LogP) is 16.3. The highest BCUT2D eigenvalue weighted by Crippen LogP contribution is 2.64. The molecule has 3 aromatic heterocycles. The number of furan rings is 2. The number of fused-ring (bicyclic) bond motifs is 16. The molecule has 13 aromatic rings. The lowest BCUT2D eigenvalue weighted by atomic mass is 9.68. The lowest BCUT2D eigenvalue weighted by Gasteiger charge is -2.32. The maximum Gasteiger partial charge on any atom is 0.164 e. The quantitative estimate of drug-likeness (QED) is 0.172. The fourth-order valence-corrected chi connectivity index (χ4v) is 11.6. The molecule has 2 aliphatic rings. The van der Waals surface area contributed by atoms with Gasteiger partial charge in [0.25, 0.3) is 0 Å². The Kier molecular flexibility index (Phi) is 7.93. The lowest BCUT2D eigenvalue weighted by Crippen LogP contribution is -2.26. The van der Waals surface area contributed by atoms with Crippen LogP contribution < -0.4 is 0 Å². The zero-order chi connectivity index (χ0) is 45.2. The van der Waals surface area contributed by atoms with Crippen LogP contribution in [0.25, 0.3) is 123 Å². The van der Waals surface area contributed by atoms with Crippen molar-refractivity contribution in [3.05, 3.63) is 247 Å². The van der Waals surface area contributed by atoms with E-state index in [2.05, 4.69) is 152 Å². The van der Waals surface area contributed by atoms with Gasteiger partial charge in [0.15, 0.2) is 17.5 Å². The monoisotopic (exact) mass is 879 g/mol. The van der Waals surface area contributed by atoms with Crippen LogP contribution in [0.3, 0.4) is 0 Å². The predicted molar refractivity (Wildman–Crippen MR) is 278 cm³/mol. The van der Waals surface area contributed by atoms with Crippen molar-refractivity contribution < 1.29 is 8.83 Å². The third kappa shape index (κ3) is 5.44. The molecular formula is C64H37N3O2. The Morgan fingerprint density at radius 3 is 1.51 bits per heavy atom. The van der Waals surface area contributed by atoms with Crippen molar-refractivity contribution in [3.63, 3.8) is 0 Å². The molecule has 5 heteroatoms. The third-order valence-corrected chi connectivity index (χ3v) is 14.6. The van der Waals surface area contributed by atoms with Gasteiger partial charge < -0.3 is 8.83 Å². The smallest absolute Gasteiger partial charge is 0.164 e. The molecule has 69 heavy (non-hydrogen) atoms. The van der Waals surface area contributed by atoms with Crippen LogP contribution in [-0.4, -0.2) is 15.0 Å². The maximum absolute atomic E-state index is 6.58. The summed E-state index contributed by atoms with van der Waals surface area (Å²) in [5.74, 6) is 1.75. The summed E-state index contributed by atoms with van der Waals surface area (Å²) in [5.41, 5.74) is 20.7. The largest absolute Gasteiger partial charge is 0.456 e. The molecule has 0 fully saturated rings. The van der Waals surface area contributed by atoms with Crippen LogP contribution in [-0.2, 0) is 5.41 Å². The number of aromatic nitrogens is 3. The van der Waals surface area contributed by atoms with E-state index in [9.17, 15) is 0 Å². The summed E-state index contributed by atoms with van der Waals surface area (Å²) in [5, 5.41) is 4.02. The molecule has 5 nitrogen and oxygen atoms in total. The van der Waals surface area contributed by atoms with E-state index in [1.54, 1.807) is 0 Å². The SMILES string of the molecule is c1ccc(-c2nc(-c3ccc4oc5ccccc5c4c3)nc(-c3cccc4oc5ccc(-c6ccc(-c7cccc8c7C7(c9ccccc9-c9ccccc97)c7ccccc7-8)cc6)cc5c34)n2)cc1. The van der Waals surface area contributed by atoms with Crippen molar-refractivity contribution in [2.24, 2.45) is 0 Å². The first kappa shape index (κ1) is 38.0. The molecule has 320 valence electrons. The average Bonchev–Trinajstić information content (AvgIpc) is 4.16. The number of hydrogen-bond acceptors (Lipinski definition) is 5. The molecular weight excluding hydrogens is 843 g/mol. The Morgan fingerprint density at radius 2 is 0.754 bits per heavy atom. The highest BCUT2D eigenvalue weighted by molar-refractivity contribution is 6.13. The molecule has 0 N–H and O–H groups in total. The molecule has 0 radical (unpaired) electrons. The number of para-hydroxylation sites is 1. The van der Waals surface area contributed by atoms with Crippen LogP contribution >= 0.6 is 0 Å². The Hall–Kier alpha value is -9.19. The van der Waals surface area contributed by atoms with Crippen LogP contribution in [0.5, 0.6) is 0 Å². The van der Waals surface area contributed by atoms with Gasteiger partial charge in [0, 0.05) is 38.2 Å². The molecule has 0 saturated carbocycles. The minimum atomic E-state index is -0.428. The molecule has 2 aliphatic carbocycles. The number of hydrogen-bond donors (Lipinski definition) is 0. The van der Waals surface area contributed by atoms with Crippen molar-refractivity contribution >= 4 is 43.9 Å². The van der Waals surface area contributed by atoms with E-state index in [1.165, 1.54) is 55.6 Å². The highest BCUT2D eigenvalue weighted by atomic mass is 16.3. The van der Waals surface area contributed by atoms with Gasteiger partial charge in [-0.3, -0.25) is 0 Å². The van der Waals surface area contributed by atoms with Crippen LogP contribution in [0.4, 0.5) is 0 Å². The summed E-state index contributed by atoms with van der Waals surface area (Å²) in [4.78, 5) is 15.5. The van der Waals surface area contributed by atoms with Gasteiger partial charge in [-0.15, -0.1) is 0 Å². The van der Waals surface area contributed by atoms with E-state index in [4.69, 9.17) is 23.8 Å². The first-order valence-corrected chi connectivity index (χ1v) is 23.4. The minimum absolute atomic E-state index is 0.428. The summed E-state index contributed by atoms with van der Waals surface area (Å²) in [6.45, 7) is 0. The second kappa shape index (κ2) is 14.4. The number of benzene rings is 10. The molecule has 0 aliphatic heterocycles. The van der Waals surface area contributed by atoms with Crippen molar-refractivity contribution in [2.75, 3.05) is 0 Å². The van der Waals surface area contributed by atoms with Crippen LogP contribution in [0.15, 0.2) is 233 Å². The fourth-order valence-electron chi connectivity index (χ4n) is 11.6. The van der Waals surface area contributed by atoms with Gasteiger partial charge in [0.1, 0.15) is 22.3 Å². The first-order chi connectivity index (χ1) is 34.2. The maximum atomic E-state index is 6.58. The second-order valence-electron chi connectivity index (χ2n) is 18.2. The molecule has 0 bridgehead atoms. The number of rotatable bonds is 5. The van der Waals surface area contributed by atoms with Crippen molar-refractivity contribution in [1.29, 1.82) is 0 Å². The molecule has 15 rings (SSSR count). The molecule has 3 heterocycles. The van der Waals surface area contributed by atoms with E-state index in [0.717, 1.165) is 71.7 Å². The van der Waals surface area contributed by atoms with E-state index in [1.807, 2.05) is 72.8 Å². The Balaban J connectivity index is 0.859. The molecule has 1 spiro atoms. The van der Waals surface area contributed by atoms with Crippen molar-refractivity contribution in [3.8, 4) is 78.7 Å². The molecule has 0 saturated heterocycles. The van der Waals surface area contributed by atoms with Gasteiger partial charge >= 0.3 is 0 Å². The Morgan fingerprint density at radius 1 is 0.275 bits per heavy atom. The van der Waals surface area contributed by atoms with Gasteiger partial charge in [0.2, 0.25) is 0 Å². The van der Waals surface area contributed by atoms with Crippen LogP contribution in [0, 0.1) is 0 Å². The molecule has 0 amide bonds. The zero-order valence-electron chi connectivity index (χ0n) is 37.0. The summed E-state index contributed by atoms with van der Waals surface area (Å²) >= 11 is 0. The zero-order valence-corrected chi connectivity index (χ0v) is 37.0. The Bertz CT molecular complexity index is 4200. The van der Waals surface area contributed by atoms with Crippen molar-refractivity contribution in [2.45, 2.75) is 5.41 Å². The van der Waals surface area contributed by atoms with Crippen molar-refractivity contribution in [1.82, 2.24) is 15.0 Å². The third-order valence-electron chi connectivity index (χ3n) is 14.6. The van der Waals surface area contributed by atoms with Gasteiger partial charge in [-0.2, -0.15) is 0 Å². The standard InChI is InChI=1S/C64H37N3O2/c1-2-14-40(15-3-1)61-65-62(42-33-35-56-50(37-42)47-19-7-11-26-55(47)68-56)67-63(66-61)49-22-13-27-58-59(49)51-36-41(32-34-57(51)69-58)38-28-30-39(31-29-38)43-20-12-21-48-46-18-6-10-25-54(46)64(60(43)48)52-23-8-4-16-44(52)45-17-5-9-24-53(45)64/h1-37H. The highest BCUT2D eigenvalue weighted by Gasteiger charge is 2.52. The van der Waals surface area contributed by atoms with Gasteiger partial charge in [-0.05, 0) is 109 Å². The van der Waals surface area contributed by atoms with E-state index < -0.39 is 5.41 Å². The molecule has 0 atom stereocenters. The van der Waals surface area contributed by atoms with Crippen LogP contribution in [0.2, 0.25) is 0 Å². The minimum Gasteiger partial charge on any atom is -0.456 e. The van der Waals surface area contributed by atoms with E-state index >= 15 is 0 Å². The lowest BCUT2D eigenvalue weighted by molar-refractivity contribution is 0.668. The second-order valence-corrected chi connectivity index (χ2v) is 18.2. The first-order valence-electron chi connectivity index (χ1n) is 23.4.